The summed E-state index contributed by atoms with van der Waals surface area (Å²) in [7, 11) is 0. The zero-order valence-corrected chi connectivity index (χ0v) is 14.9. The second-order valence-electron chi connectivity index (χ2n) is 4.63. The Balaban J connectivity index is 2.08. The Bertz CT molecular complexity index is 806. The van der Waals surface area contributed by atoms with Crippen LogP contribution >= 0.6 is 23.1 Å². The van der Waals surface area contributed by atoms with Gasteiger partial charge in [-0.15, -0.1) is 16.4 Å². The third-order valence-electron chi connectivity index (χ3n) is 2.88. The molecule has 0 atom stereocenters. The normalized spacial score (nSPS) is 10.2. The molecular weight excluding hydrogens is 350 g/mol. The lowest BCUT2D eigenvalue weighted by Gasteiger charge is -2.01. The molecule has 0 spiro atoms. The SMILES string of the molecule is CCOC(=O)c1sc(NC(=O)CSc2n[nH]c(C)n2)c(C#N)c1C. The average Bonchev–Trinajstić information content (AvgIpc) is 3.09. The van der Waals surface area contributed by atoms with E-state index in [9.17, 15) is 14.9 Å². The maximum atomic E-state index is 12.1. The molecule has 0 aromatic carbocycles. The van der Waals surface area contributed by atoms with E-state index in [0.717, 1.165) is 11.3 Å². The number of hydrogen-bond acceptors (Lipinski definition) is 8. The standard InChI is InChI=1S/C14H15N5O3S2/c1-4-22-13(21)11-7(2)9(5-15)12(24-11)17-10(20)6-23-14-16-8(3)18-19-14/h4,6H2,1-3H3,(H,17,20)(H,16,18,19). The molecule has 0 saturated heterocycles. The van der Waals surface area contributed by atoms with Crippen LogP contribution in [0, 0.1) is 25.2 Å². The van der Waals surface area contributed by atoms with Gasteiger partial charge in [-0.05, 0) is 26.3 Å². The molecule has 0 unspecified atom stereocenters. The molecule has 0 aliphatic rings. The first-order valence-corrected chi connectivity index (χ1v) is 8.78. The monoisotopic (exact) mass is 365 g/mol. The van der Waals surface area contributed by atoms with Crippen LogP contribution in [0.5, 0.6) is 0 Å². The Morgan fingerprint density at radius 3 is 2.79 bits per heavy atom. The first-order chi connectivity index (χ1) is 11.5. The Labute approximate surface area is 146 Å². The van der Waals surface area contributed by atoms with Gasteiger partial charge in [0.25, 0.3) is 0 Å². The molecule has 0 fully saturated rings. The molecular formula is C14H15N5O3S2. The number of hydrogen-bond donors (Lipinski definition) is 2. The number of aryl methyl sites for hydroxylation is 1. The number of thioether (sulfide) groups is 1. The molecule has 10 heteroatoms. The third-order valence-corrected chi connectivity index (χ3v) is 4.92. The summed E-state index contributed by atoms with van der Waals surface area (Å²) < 4.78 is 4.96. The number of nitrogens with one attached hydrogen (secondary N) is 2. The lowest BCUT2D eigenvalue weighted by atomic mass is 10.2. The van der Waals surface area contributed by atoms with E-state index >= 15 is 0 Å². The van der Waals surface area contributed by atoms with Crippen LogP contribution in [0.15, 0.2) is 5.16 Å². The first kappa shape index (κ1) is 18.0. The molecule has 0 radical (unpaired) electrons. The highest BCUT2D eigenvalue weighted by molar-refractivity contribution is 7.99. The number of carbonyl (C=O) groups excluding carboxylic acids is 2. The molecule has 2 aromatic heterocycles. The Morgan fingerprint density at radius 1 is 1.46 bits per heavy atom. The number of esters is 1. The summed E-state index contributed by atoms with van der Waals surface area (Å²) in [5.41, 5.74) is 0.781. The van der Waals surface area contributed by atoms with Gasteiger partial charge in [0.05, 0.1) is 17.9 Å². The van der Waals surface area contributed by atoms with E-state index in [-0.39, 0.29) is 23.8 Å². The lowest BCUT2D eigenvalue weighted by Crippen LogP contribution is -2.14. The second kappa shape index (κ2) is 7.94. The van der Waals surface area contributed by atoms with Crippen molar-refractivity contribution in [1.82, 2.24) is 15.2 Å². The van der Waals surface area contributed by atoms with Gasteiger partial charge < -0.3 is 10.1 Å². The van der Waals surface area contributed by atoms with E-state index in [1.54, 1.807) is 20.8 Å². The van der Waals surface area contributed by atoms with Gasteiger partial charge in [0.15, 0.2) is 0 Å². The fourth-order valence-electron chi connectivity index (χ4n) is 1.81. The van der Waals surface area contributed by atoms with Crippen LogP contribution in [0.4, 0.5) is 5.00 Å². The minimum absolute atomic E-state index is 0.0911. The number of amides is 1. The van der Waals surface area contributed by atoms with Crippen LogP contribution in [0.3, 0.4) is 0 Å². The van der Waals surface area contributed by atoms with Crippen molar-refractivity contribution in [2.75, 3.05) is 17.7 Å². The molecule has 2 heterocycles. The molecule has 0 bridgehead atoms. The Hall–Kier alpha value is -2.38. The van der Waals surface area contributed by atoms with Gasteiger partial charge in [-0.1, -0.05) is 11.8 Å². The summed E-state index contributed by atoms with van der Waals surface area (Å²) in [5.74, 6) is -0.0516. The number of nitriles is 1. The summed E-state index contributed by atoms with van der Waals surface area (Å²) in [6.45, 7) is 5.37. The van der Waals surface area contributed by atoms with Crippen molar-refractivity contribution in [2.45, 2.75) is 25.9 Å². The first-order valence-electron chi connectivity index (χ1n) is 6.98. The Kier molecular flexibility index (Phi) is 5.94. The van der Waals surface area contributed by atoms with E-state index in [2.05, 4.69) is 20.5 Å². The van der Waals surface area contributed by atoms with Gasteiger partial charge in [-0.25, -0.2) is 9.78 Å². The largest absolute Gasteiger partial charge is 0.462 e. The number of thiophene rings is 1. The smallest absolute Gasteiger partial charge is 0.348 e. The van der Waals surface area contributed by atoms with E-state index in [1.807, 2.05) is 6.07 Å². The molecule has 126 valence electrons. The van der Waals surface area contributed by atoms with E-state index < -0.39 is 5.97 Å². The van der Waals surface area contributed by atoms with E-state index in [4.69, 9.17) is 4.74 Å². The lowest BCUT2D eigenvalue weighted by molar-refractivity contribution is -0.113. The van der Waals surface area contributed by atoms with Crippen LogP contribution in [0.1, 0.15) is 33.5 Å². The number of anilines is 1. The van der Waals surface area contributed by atoms with Gasteiger partial charge in [0.2, 0.25) is 11.1 Å². The van der Waals surface area contributed by atoms with Crippen LogP contribution in [-0.2, 0) is 9.53 Å². The third kappa shape index (κ3) is 4.12. The molecule has 1 amide bonds. The summed E-state index contributed by atoms with van der Waals surface area (Å²) in [4.78, 5) is 28.4. The second-order valence-corrected chi connectivity index (χ2v) is 6.60. The van der Waals surface area contributed by atoms with Crippen LogP contribution < -0.4 is 5.32 Å². The molecule has 2 rings (SSSR count). The van der Waals surface area contributed by atoms with Gasteiger partial charge in [-0.3, -0.25) is 9.89 Å². The van der Waals surface area contributed by atoms with Crippen molar-refractivity contribution >= 4 is 40.0 Å². The van der Waals surface area contributed by atoms with Crippen LogP contribution in [-0.4, -0.2) is 39.4 Å². The molecule has 2 aromatic rings. The number of aromatic amines is 1. The quantitative estimate of drug-likeness (QED) is 0.595. The minimum atomic E-state index is -0.498. The zero-order chi connectivity index (χ0) is 17.7. The number of carbonyl (C=O) groups is 2. The van der Waals surface area contributed by atoms with E-state index in [1.165, 1.54) is 11.8 Å². The van der Waals surface area contributed by atoms with E-state index in [0.29, 0.717) is 26.4 Å². The van der Waals surface area contributed by atoms with Crippen molar-refractivity contribution in [3.8, 4) is 6.07 Å². The highest BCUT2D eigenvalue weighted by Gasteiger charge is 2.22. The Morgan fingerprint density at radius 2 is 2.21 bits per heavy atom. The minimum Gasteiger partial charge on any atom is -0.462 e. The predicted molar refractivity (Wildman–Crippen MR) is 90.2 cm³/mol. The van der Waals surface area contributed by atoms with Crippen LogP contribution in [0.2, 0.25) is 0 Å². The number of H-pyrrole nitrogens is 1. The summed E-state index contributed by atoms with van der Waals surface area (Å²) >= 11 is 2.21. The van der Waals surface area contributed by atoms with Gasteiger partial charge in [-0.2, -0.15) is 5.26 Å². The number of ether oxygens (including phenoxy) is 1. The maximum absolute atomic E-state index is 12.1. The molecule has 2 N–H and O–H groups in total. The van der Waals surface area contributed by atoms with Crippen molar-refractivity contribution in [2.24, 2.45) is 0 Å². The number of nitrogens with zero attached hydrogens (tertiary/aromatic N) is 3. The highest BCUT2D eigenvalue weighted by Crippen LogP contribution is 2.33. The summed E-state index contributed by atoms with van der Waals surface area (Å²) in [6.07, 6.45) is 0. The average molecular weight is 365 g/mol. The zero-order valence-electron chi connectivity index (χ0n) is 13.3. The van der Waals surface area contributed by atoms with Crippen molar-refractivity contribution in [3.63, 3.8) is 0 Å². The van der Waals surface area contributed by atoms with Gasteiger partial charge in [0.1, 0.15) is 21.8 Å². The van der Waals surface area contributed by atoms with Gasteiger partial charge >= 0.3 is 5.97 Å². The molecule has 0 aliphatic heterocycles. The highest BCUT2D eigenvalue weighted by atomic mass is 32.2. The molecule has 0 aliphatic carbocycles. The van der Waals surface area contributed by atoms with Crippen molar-refractivity contribution in [3.05, 3.63) is 21.8 Å². The molecule has 0 saturated carbocycles. The predicted octanol–water partition coefficient (Wildman–Crippen LogP) is 2.26. The van der Waals surface area contributed by atoms with Crippen molar-refractivity contribution in [1.29, 1.82) is 5.26 Å². The summed E-state index contributed by atoms with van der Waals surface area (Å²) in [6, 6.07) is 2.02. The fraction of sp³-hybridized carbons (Fsp3) is 0.357. The fourth-order valence-corrected chi connectivity index (χ4v) is 3.52. The number of aromatic nitrogens is 3. The topological polar surface area (TPSA) is 121 Å². The van der Waals surface area contributed by atoms with Gasteiger partial charge in [0, 0.05) is 0 Å². The summed E-state index contributed by atoms with van der Waals surface area (Å²) in [5, 5.41) is 19.4. The number of rotatable bonds is 6. The maximum Gasteiger partial charge on any atom is 0.348 e. The van der Waals surface area contributed by atoms with Crippen LogP contribution in [0.25, 0.3) is 0 Å². The molecule has 24 heavy (non-hydrogen) atoms. The van der Waals surface area contributed by atoms with Crippen molar-refractivity contribution < 1.29 is 14.3 Å². The molecule has 8 nitrogen and oxygen atoms in total.